The van der Waals surface area contributed by atoms with Crippen molar-refractivity contribution in [2.24, 2.45) is 0 Å². The maximum atomic E-state index is 11.1. The Hall–Kier alpha value is -1.77. The molecule has 0 aromatic carbocycles. The van der Waals surface area contributed by atoms with Crippen LogP contribution in [-0.2, 0) is 22.4 Å². The first-order valence-electron chi connectivity index (χ1n) is 7.09. The van der Waals surface area contributed by atoms with E-state index in [4.69, 9.17) is 11.6 Å². The van der Waals surface area contributed by atoms with Crippen LogP contribution in [0.25, 0.3) is 22.1 Å². The molecule has 0 saturated heterocycles. The number of nitrogens with one attached hydrogen (secondary N) is 1. The molecular formula is C14H16ClN5O2S. The van der Waals surface area contributed by atoms with Crippen LogP contribution < -0.4 is 4.72 Å². The van der Waals surface area contributed by atoms with Gasteiger partial charge in [-0.3, -0.25) is 9.97 Å². The predicted molar refractivity (Wildman–Crippen MR) is 89.8 cm³/mol. The third-order valence-corrected chi connectivity index (χ3v) is 4.42. The number of aromatic nitrogens is 4. The lowest BCUT2D eigenvalue weighted by atomic mass is 10.3. The monoisotopic (exact) mass is 353 g/mol. The number of imidazole rings is 1. The van der Waals surface area contributed by atoms with Gasteiger partial charge in [0, 0.05) is 19.3 Å². The molecule has 3 aromatic rings. The molecule has 0 aliphatic carbocycles. The third kappa shape index (κ3) is 3.44. The highest BCUT2D eigenvalue weighted by atomic mass is 35.5. The molecule has 0 amide bonds. The second kappa shape index (κ2) is 6.38. The van der Waals surface area contributed by atoms with Gasteiger partial charge in [-0.1, -0.05) is 0 Å². The summed E-state index contributed by atoms with van der Waals surface area (Å²) < 4.78 is 26.7. The van der Waals surface area contributed by atoms with Crippen molar-refractivity contribution in [2.45, 2.75) is 18.8 Å². The SMILES string of the molecule is CS(=O)(=O)NCCCn1c(CCl)nc2cnc3cccnc3c21. The number of pyridine rings is 2. The van der Waals surface area contributed by atoms with E-state index in [2.05, 4.69) is 19.7 Å². The first-order valence-corrected chi connectivity index (χ1v) is 9.51. The lowest BCUT2D eigenvalue weighted by molar-refractivity contribution is 0.575. The van der Waals surface area contributed by atoms with E-state index in [9.17, 15) is 8.42 Å². The Kier molecular flexibility index (Phi) is 4.47. The van der Waals surface area contributed by atoms with Gasteiger partial charge in [0.05, 0.1) is 29.4 Å². The van der Waals surface area contributed by atoms with E-state index < -0.39 is 10.0 Å². The molecule has 1 N–H and O–H groups in total. The van der Waals surface area contributed by atoms with E-state index >= 15 is 0 Å². The Morgan fingerprint density at radius 2 is 2.13 bits per heavy atom. The van der Waals surface area contributed by atoms with Gasteiger partial charge in [-0.2, -0.15) is 0 Å². The van der Waals surface area contributed by atoms with E-state index in [1.807, 2.05) is 16.7 Å². The van der Waals surface area contributed by atoms with Gasteiger partial charge in [0.15, 0.2) is 0 Å². The van der Waals surface area contributed by atoms with Gasteiger partial charge in [-0.05, 0) is 18.6 Å². The fourth-order valence-corrected chi connectivity index (χ4v) is 3.23. The number of fused-ring (bicyclic) bond motifs is 3. The van der Waals surface area contributed by atoms with Crippen molar-refractivity contribution < 1.29 is 8.42 Å². The summed E-state index contributed by atoms with van der Waals surface area (Å²) in [4.78, 5) is 13.3. The molecule has 0 aliphatic rings. The van der Waals surface area contributed by atoms with Crippen LogP contribution in [0.4, 0.5) is 0 Å². The molecule has 23 heavy (non-hydrogen) atoms. The quantitative estimate of drug-likeness (QED) is 0.537. The maximum absolute atomic E-state index is 11.1. The molecule has 0 unspecified atom stereocenters. The second-order valence-electron chi connectivity index (χ2n) is 5.20. The number of alkyl halides is 1. The van der Waals surface area contributed by atoms with Gasteiger partial charge in [-0.15, -0.1) is 11.6 Å². The van der Waals surface area contributed by atoms with Gasteiger partial charge < -0.3 is 4.57 Å². The molecule has 0 saturated carbocycles. The van der Waals surface area contributed by atoms with Crippen molar-refractivity contribution in [3.8, 4) is 0 Å². The van der Waals surface area contributed by atoms with Crippen LogP contribution in [0.2, 0.25) is 0 Å². The number of hydrogen-bond acceptors (Lipinski definition) is 5. The summed E-state index contributed by atoms with van der Waals surface area (Å²) in [6.45, 7) is 0.952. The normalized spacial score (nSPS) is 12.3. The summed E-state index contributed by atoms with van der Waals surface area (Å²) in [5, 5.41) is 0. The van der Waals surface area contributed by atoms with E-state index in [-0.39, 0.29) is 5.88 Å². The van der Waals surface area contributed by atoms with E-state index in [0.29, 0.717) is 19.5 Å². The molecule has 3 heterocycles. The lowest BCUT2D eigenvalue weighted by Gasteiger charge is -2.09. The highest BCUT2D eigenvalue weighted by Gasteiger charge is 2.14. The van der Waals surface area contributed by atoms with Crippen LogP contribution in [0.5, 0.6) is 0 Å². The van der Waals surface area contributed by atoms with Crippen LogP contribution >= 0.6 is 11.6 Å². The third-order valence-electron chi connectivity index (χ3n) is 3.45. The summed E-state index contributed by atoms with van der Waals surface area (Å²) in [6.07, 6.45) is 5.19. The minimum Gasteiger partial charge on any atom is -0.325 e. The van der Waals surface area contributed by atoms with E-state index in [0.717, 1.165) is 34.1 Å². The largest absolute Gasteiger partial charge is 0.325 e. The van der Waals surface area contributed by atoms with Gasteiger partial charge in [-0.25, -0.2) is 18.1 Å². The number of halogens is 1. The lowest BCUT2D eigenvalue weighted by Crippen LogP contribution is -2.24. The Morgan fingerprint density at radius 1 is 1.30 bits per heavy atom. The zero-order valence-corrected chi connectivity index (χ0v) is 14.1. The van der Waals surface area contributed by atoms with Crippen molar-refractivity contribution in [2.75, 3.05) is 12.8 Å². The Balaban J connectivity index is 1.98. The molecular weight excluding hydrogens is 338 g/mol. The number of aryl methyl sites for hydroxylation is 1. The van der Waals surface area contributed by atoms with Crippen LogP contribution in [-0.4, -0.2) is 40.7 Å². The molecule has 7 nitrogen and oxygen atoms in total. The minimum absolute atomic E-state index is 0.266. The molecule has 0 spiro atoms. The van der Waals surface area contributed by atoms with Crippen molar-refractivity contribution in [1.82, 2.24) is 24.2 Å². The van der Waals surface area contributed by atoms with Crippen LogP contribution in [0.15, 0.2) is 24.5 Å². The van der Waals surface area contributed by atoms with Crippen LogP contribution in [0, 0.1) is 0 Å². The first kappa shape index (κ1) is 16.1. The molecule has 0 radical (unpaired) electrons. The molecule has 3 aromatic heterocycles. The van der Waals surface area contributed by atoms with Gasteiger partial charge >= 0.3 is 0 Å². The standard InChI is InChI=1S/C14H16ClN5O2S/c1-23(21,22)18-6-3-7-20-12(8-15)19-11-9-17-10-4-2-5-16-13(10)14(11)20/h2,4-5,9,18H,3,6-8H2,1H3. The van der Waals surface area contributed by atoms with Crippen molar-refractivity contribution >= 4 is 43.7 Å². The first-order chi connectivity index (χ1) is 11.0. The number of rotatable bonds is 6. The summed E-state index contributed by atoms with van der Waals surface area (Å²) in [5.74, 6) is 0.990. The Morgan fingerprint density at radius 3 is 2.87 bits per heavy atom. The van der Waals surface area contributed by atoms with Gasteiger partial charge in [0.1, 0.15) is 16.9 Å². The number of hydrogen-bond donors (Lipinski definition) is 1. The van der Waals surface area contributed by atoms with Crippen molar-refractivity contribution in [3.05, 3.63) is 30.4 Å². The molecule has 0 atom stereocenters. The molecule has 122 valence electrons. The van der Waals surface area contributed by atoms with E-state index in [1.54, 1.807) is 12.4 Å². The fraction of sp³-hybridized carbons (Fsp3) is 0.357. The molecule has 0 aliphatic heterocycles. The minimum atomic E-state index is -3.18. The van der Waals surface area contributed by atoms with E-state index in [1.165, 1.54) is 0 Å². The number of sulfonamides is 1. The Labute approximate surface area is 138 Å². The second-order valence-corrected chi connectivity index (χ2v) is 7.30. The average Bonchev–Trinajstić information content (AvgIpc) is 2.89. The van der Waals surface area contributed by atoms with Crippen molar-refractivity contribution in [3.63, 3.8) is 0 Å². The van der Waals surface area contributed by atoms with Gasteiger partial charge in [0.2, 0.25) is 10.0 Å². The summed E-state index contributed by atoms with van der Waals surface area (Å²) >= 11 is 6.00. The smallest absolute Gasteiger partial charge is 0.208 e. The fourth-order valence-electron chi connectivity index (χ4n) is 2.51. The molecule has 0 fully saturated rings. The highest BCUT2D eigenvalue weighted by Crippen LogP contribution is 2.24. The van der Waals surface area contributed by atoms with Crippen LogP contribution in [0.3, 0.4) is 0 Å². The zero-order valence-electron chi connectivity index (χ0n) is 12.5. The molecule has 0 bridgehead atoms. The van der Waals surface area contributed by atoms with Crippen molar-refractivity contribution in [1.29, 1.82) is 0 Å². The maximum Gasteiger partial charge on any atom is 0.208 e. The zero-order chi connectivity index (χ0) is 16.4. The molecule has 3 rings (SSSR count). The topological polar surface area (TPSA) is 89.8 Å². The average molecular weight is 354 g/mol. The van der Waals surface area contributed by atoms with Gasteiger partial charge in [0.25, 0.3) is 0 Å². The summed E-state index contributed by atoms with van der Waals surface area (Å²) in [6, 6.07) is 3.73. The van der Waals surface area contributed by atoms with Crippen LogP contribution in [0.1, 0.15) is 12.2 Å². The highest BCUT2D eigenvalue weighted by molar-refractivity contribution is 7.88. The summed E-state index contributed by atoms with van der Waals surface area (Å²) in [7, 11) is -3.18. The Bertz CT molecular complexity index is 954. The molecule has 9 heteroatoms. The number of nitrogens with zero attached hydrogens (tertiary/aromatic N) is 4. The predicted octanol–water partition coefficient (Wildman–Crippen LogP) is 1.66. The summed E-state index contributed by atoms with van der Waals surface area (Å²) in [5.41, 5.74) is 3.18.